The number of hydrogen-bond donors (Lipinski definition) is 2. The molecule has 2 aromatic carbocycles. The number of benzene rings is 2. The molecule has 1 unspecified atom stereocenters. The standard InChI is InChI=1S/C27H27BrN4O4/c28-21-16-20(17-29-18-21)26(34)32(22-7-2-1-3-8-22)14-11-24(33)30-13-15-36-27(35)25-23-9-5-4-6-19(23)10-12-31-25/h1-9,16-18,25,31H,10-15H2,(H,30,33). The van der Waals surface area contributed by atoms with E-state index in [1.807, 2.05) is 54.6 Å². The van der Waals surface area contributed by atoms with Crippen molar-refractivity contribution in [3.8, 4) is 0 Å². The molecule has 0 fully saturated rings. The van der Waals surface area contributed by atoms with Gasteiger partial charge in [-0.1, -0.05) is 42.5 Å². The molecular formula is C27H27BrN4O4. The van der Waals surface area contributed by atoms with Crippen LogP contribution in [0.15, 0.2) is 77.5 Å². The Balaban J connectivity index is 1.27. The fourth-order valence-electron chi connectivity index (χ4n) is 4.08. The summed E-state index contributed by atoms with van der Waals surface area (Å²) >= 11 is 3.34. The Morgan fingerprint density at radius 2 is 1.86 bits per heavy atom. The monoisotopic (exact) mass is 550 g/mol. The minimum absolute atomic E-state index is 0.0654. The molecule has 0 radical (unpaired) electrons. The Kier molecular flexibility index (Phi) is 8.80. The molecule has 1 aliphatic heterocycles. The molecule has 0 bridgehead atoms. The molecule has 8 nitrogen and oxygen atoms in total. The number of nitrogens with one attached hydrogen (secondary N) is 2. The number of fused-ring (bicyclic) bond motifs is 1. The molecule has 9 heteroatoms. The molecule has 3 aromatic rings. The van der Waals surface area contributed by atoms with Crippen molar-refractivity contribution in [1.82, 2.24) is 15.6 Å². The number of hydrogen-bond acceptors (Lipinski definition) is 6. The summed E-state index contributed by atoms with van der Waals surface area (Å²) in [6, 6.07) is 18.2. The van der Waals surface area contributed by atoms with E-state index in [1.54, 1.807) is 17.2 Å². The predicted molar refractivity (Wildman–Crippen MR) is 140 cm³/mol. The highest BCUT2D eigenvalue weighted by molar-refractivity contribution is 9.10. The molecule has 1 atom stereocenters. The Labute approximate surface area is 218 Å². The van der Waals surface area contributed by atoms with Crippen molar-refractivity contribution in [3.63, 3.8) is 0 Å². The largest absolute Gasteiger partial charge is 0.462 e. The number of aromatic nitrogens is 1. The van der Waals surface area contributed by atoms with Gasteiger partial charge in [0.25, 0.3) is 5.91 Å². The summed E-state index contributed by atoms with van der Waals surface area (Å²) in [5.74, 6) is -0.856. The van der Waals surface area contributed by atoms with Gasteiger partial charge in [0.05, 0.1) is 12.1 Å². The maximum atomic E-state index is 13.2. The van der Waals surface area contributed by atoms with Crippen molar-refractivity contribution in [2.24, 2.45) is 0 Å². The number of pyridine rings is 1. The van der Waals surface area contributed by atoms with Gasteiger partial charge in [-0.3, -0.25) is 14.6 Å². The lowest BCUT2D eigenvalue weighted by Crippen LogP contribution is -2.38. The lowest BCUT2D eigenvalue weighted by molar-refractivity contribution is -0.146. The smallest absolute Gasteiger partial charge is 0.327 e. The van der Waals surface area contributed by atoms with Gasteiger partial charge in [0, 0.05) is 42.1 Å². The van der Waals surface area contributed by atoms with Gasteiger partial charge in [-0.2, -0.15) is 0 Å². The van der Waals surface area contributed by atoms with Gasteiger partial charge < -0.3 is 20.3 Å². The Morgan fingerprint density at radius 1 is 1.08 bits per heavy atom. The van der Waals surface area contributed by atoms with Crippen LogP contribution in [-0.2, 0) is 20.7 Å². The lowest BCUT2D eigenvalue weighted by Gasteiger charge is -2.25. The van der Waals surface area contributed by atoms with Crippen molar-refractivity contribution in [2.75, 3.05) is 31.1 Å². The first-order chi connectivity index (χ1) is 17.5. The molecule has 1 aromatic heterocycles. The normalized spacial score (nSPS) is 14.4. The number of amides is 2. The van der Waals surface area contributed by atoms with E-state index in [0.29, 0.717) is 22.3 Å². The third-order valence-corrected chi connectivity index (χ3v) is 6.27. The predicted octanol–water partition coefficient (Wildman–Crippen LogP) is 3.43. The number of ether oxygens (including phenoxy) is 1. The second-order valence-corrected chi connectivity index (χ2v) is 9.20. The fraction of sp³-hybridized carbons (Fsp3) is 0.259. The third kappa shape index (κ3) is 6.56. The van der Waals surface area contributed by atoms with E-state index in [2.05, 4.69) is 31.5 Å². The summed E-state index contributed by atoms with van der Waals surface area (Å²) < 4.78 is 6.09. The van der Waals surface area contributed by atoms with Crippen molar-refractivity contribution < 1.29 is 19.1 Å². The molecule has 2 N–H and O–H groups in total. The quantitative estimate of drug-likeness (QED) is 0.312. The van der Waals surface area contributed by atoms with Gasteiger partial charge in [-0.05, 0) is 51.7 Å². The van der Waals surface area contributed by atoms with E-state index < -0.39 is 6.04 Å². The SMILES string of the molecule is O=C(CCN(C(=O)c1cncc(Br)c1)c1ccccc1)NCCOC(=O)C1NCCc2ccccc21. The van der Waals surface area contributed by atoms with Crippen LogP contribution in [0.25, 0.3) is 0 Å². The first-order valence-electron chi connectivity index (χ1n) is 11.7. The number of halogens is 1. The van der Waals surface area contributed by atoms with E-state index in [-0.39, 0.29) is 43.9 Å². The van der Waals surface area contributed by atoms with Crippen LogP contribution >= 0.6 is 15.9 Å². The van der Waals surface area contributed by atoms with Gasteiger partial charge in [0.15, 0.2) is 0 Å². The van der Waals surface area contributed by atoms with Crippen molar-refractivity contribution in [2.45, 2.75) is 18.9 Å². The second-order valence-electron chi connectivity index (χ2n) is 8.29. The summed E-state index contributed by atoms with van der Waals surface area (Å²) in [6.07, 6.45) is 4.06. The van der Waals surface area contributed by atoms with Crippen LogP contribution < -0.4 is 15.5 Å². The van der Waals surface area contributed by atoms with E-state index in [1.165, 1.54) is 6.20 Å². The average molecular weight is 551 g/mol. The minimum atomic E-state index is -0.497. The summed E-state index contributed by atoms with van der Waals surface area (Å²) in [4.78, 5) is 43.8. The highest BCUT2D eigenvalue weighted by Gasteiger charge is 2.27. The first kappa shape index (κ1) is 25.5. The van der Waals surface area contributed by atoms with Crippen LogP contribution in [0.1, 0.15) is 33.9 Å². The molecule has 2 amide bonds. The number of nitrogens with zero attached hydrogens (tertiary/aromatic N) is 2. The van der Waals surface area contributed by atoms with E-state index in [4.69, 9.17) is 4.74 Å². The van der Waals surface area contributed by atoms with Crippen LogP contribution in [0.2, 0.25) is 0 Å². The van der Waals surface area contributed by atoms with Gasteiger partial charge in [-0.15, -0.1) is 0 Å². The maximum Gasteiger partial charge on any atom is 0.327 e. The zero-order valence-electron chi connectivity index (χ0n) is 19.7. The van der Waals surface area contributed by atoms with Crippen LogP contribution in [0.4, 0.5) is 5.69 Å². The average Bonchev–Trinajstić information content (AvgIpc) is 2.91. The van der Waals surface area contributed by atoms with Crippen LogP contribution in [-0.4, -0.2) is 49.0 Å². The van der Waals surface area contributed by atoms with E-state index >= 15 is 0 Å². The molecule has 2 heterocycles. The topological polar surface area (TPSA) is 101 Å². The number of anilines is 1. The summed E-state index contributed by atoms with van der Waals surface area (Å²) in [7, 11) is 0. The Morgan fingerprint density at radius 3 is 2.67 bits per heavy atom. The Hall–Kier alpha value is -3.56. The zero-order chi connectivity index (χ0) is 25.3. The molecular weight excluding hydrogens is 524 g/mol. The van der Waals surface area contributed by atoms with Gasteiger partial charge in [-0.25, -0.2) is 4.79 Å². The third-order valence-electron chi connectivity index (χ3n) is 5.84. The van der Waals surface area contributed by atoms with Crippen LogP contribution in [0.5, 0.6) is 0 Å². The van der Waals surface area contributed by atoms with E-state index in [0.717, 1.165) is 17.5 Å². The van der Waals surface area contributed by atoms with Crippen molar-refractivity contribution in [1.29, 1.82) is 0 Å². The molecule has 1 aliphatic rings. The van der Waals surface area contributed by atoms with Crippen LogP contribution in [0.3, 0.4) is 0 Å². The minimum Gasteiger partial charge on any atom is -0.462 e. The van der Waals surface area contributed by atoms with Gasteiger partial charge in [0.1, 0.15) is 12.6 Å². The Bertz CT molecular complexity index is 1220. The van der Waals surface area contributed by atoms with Gasteiger partial charge >= 0.3 is 5.97 Å². The number of carbonyl (C=O) groups is 3. The first-order valence-corrected chi connectivity index (χ1v) is 12.5. The lowest BCUT2D eigenvalue weighted by atomic mass is 9.94. The summed E-state index contributed by atoms with van der Waals surface area (Å²) in [5.41, 5.74) is 3.18. The van der Waals surface area contributed by atoms with Crippen LogP contribution in [0, 0.1) is 0 Å². The van der Waals surface area contributed by atoms with E-state index in [9.17, 15) is 14.4 Å². The number of carbonyl (C=O) groups excluding carboxylic acids is 3. The fourth-order valence-corrected chi connectivity index (χ4v) is 4.45. The zero-order valence-corrected chi connectivity index (χ0v) is 21.2. The van der Waals surface area contributed by atoms with Crippen molar-refractivity contribution in [3.05, 3.63) is 94.2 Å². The molecule has 186 valence electrons. The van der Waals surface area contributed by atoms with Crippen molar-refractivity contribution >= 4 is 39.4 Å². The maximum absolute atomic E-state index is 13.2. The molecule has 4 rings (SSSR count). The molecule has 36 heavy (non-hydrogen) atoms. The van der Waals surface area contributed by atoms with Gasteiger partial charge in [0.2, 0.25) is 5.91 Å². The molecule has 0 saturated carbocycles. The molecule has 0 spiro atoms. The molecule has 0 aliphatic carbocycles. The number of rotatable bonds is 9. The number of para-hydroxylation sites is 1. The highest BCUT2D eigenvalue weighted by Crippen LogP contribution is 2.23. The summed E-state index contributed by atoms with van der Waals surface area (Å²) in [6.45, 7) is 1.15. The highest BCUT2D eigenvalue weighted by atomic mass is 79.9. The molecule has 0 saturated heterocycles. The summed E-state index contributed by atoms with van der Waals surface area (Å²) in [5, 5.41) is 5.95. The second kappa shape index (κ2) is 12.4. The number of esters is 1.